The van der Waals surface area contributed by atoms with Gasteiger partial charge in [-0.05, 0) is 112 Å². The zero-order valence-corrected chi connectivity index (χ0v) is 39.7. The molecule has 3 aromatic carbocycles. The summed E-state index contributed by atoms with van der Waals surface area (Å²) in [6.45, 7) is 1.87. The average molecular weight is 1020 g/mol. The maximum atomic E-state index is 13.4. The molecule has 17 nitrogen and oxygen atoms in total. The number of ether oxygens (including phenoxy) is 4. The summed E-state index contributed by atoms with van der Waals surface area (Å²) in [5.41, 5.74) is 3.63. The molecule has 2 unspecified atom stereocenters. The van der Waals surface area contributed by atoms with Crippen LogP contribution < -0.4 is 20.4 Å². The molecule has 4 saturated heterocycles. The Kier molecular flexibility index (Phi) is 17.9. The number of sulfonamides is 2. The first-order chi connectivity index (χ1) is 33.1. The van der Waals surface area contributed by atoms with Crippen molar-refractivity contribution in [2.45, 2.75) is 105 Å². The van der Waals surface area contributed by atoms with E-state index in [1.54, 1.807) is 36.7 Å². The third-order valence-corrected chi connectivity index (χ3v) is 15.9. The Morgan fingerprint density at radius 2 is 1.12 bits per heavy atom. The first kappa shape index (κ1) is 51.9. The molecule has 0 radical (unpaired) electrons. The number of halogens is 4. The number of nitrogens with one attached hydrogen (secondary N) is 2. The normalized spacial score (nSPS) is 20.2. The monoisotopic (exact) mass is 1020 g/mol. The van der Waals surface area contributed by atoms with Gasteiger partial charge in [0.05, 0.1) is 31.5 Å². The summed E-state index contributed by atoms with van der Waals surface area (Å²) >= 11 is 6.22. The molecule has 2 amide bonds. The van der Waals surface area contributed by atoms with Crippen LogP contribution in [0.1, 0.15) is 90.5 Å². The summed E-state index contributed by atoms with van der Waals surface area (Å²) in [5.74, 6) is -0.441. The third kappa shape index (κ3) is 13.9. The van der Waals surface area contributed by atoms with Crippen LogP contribution in [0.3, 0.4) is 0 Å². The van der Waals surface area contributed by atoms with Gasteiger partial charge in [-0.1, -0.05) is 29.8 Å². The molecule has 2 atom stereocenters. The second-order valence-corrected chi connectivity index (χ2v) is 20.7. The number of piperidine rings is 2. The van der Waals surface area contributed by atoms with Crippen LogP contribution in [-0.4, -0.2) is 106 Å². The van der Waals surface area contributed by atoms with Gasteiger partial charge >= 0.3 is 6.18 Å². The van der Waals surface area contributed by atoms with E-state index in [9.17, 15) is 39.6 Å². The van der Waals surface area contributed by atoms with Gasteiger partial charge in [0.15, 0.2) is 12.6 Å². The fraction of sp³-hybridized carbons (Fsp3) is 0.457. The maximum Gasteiger partial charge on any atom is 0.416 e. The highest BCUT2D eigenvalue weighted by atomic mass is 35.5. The summed E-state index contributed by atoms with van der Waals surface area (Å²) < 4.78 is 117. The van der Waals surface area contributed by atoms with E-state index >= 15 is 0 Å². The number of amides is 2. The van der Waals surface area contributed by atoms with Gasteiger partial charge < -0.3 is 18.9 Å². The van der Waals surface area contributed by atoms with Gasteiger partial charge in [-0.2, -0.15) is 21.8 Å². The van der Waals surface area contributed by atoms with Crippen molar-refractivity contribution < 1.29 is 68.2 Å². The lowest BCUT2D eigenvalue weighted by Gasteiger charge is -2.32. The zero-order chi connectivity index (χ0) is 49.0. The van der Waals surface area contributed by atoms with Crippen LogP contribution in [0.2, 0.25) is 5.02 Å². The number of alkyl halides is 3. The standard InChI is InChI=1S/C24H26ClF3N2O6S.C22H27N3O6S/c25-19-4-3-5-20(22(19)23(31)29-36-21-6-1-2-15-34-21)37(32,33)30-13-11-18(12-14-30)35-17-9-7-16(8-10-17)24(26,27)28;26-22(24-31-21-7-3-4-16-29-21)19-5-1-2-6-20(19)32(27,28)25-14-10-18(11-15-25)30-17-8-12-23-13-9-17/h3-5,7-10,18,21H,1-2,6,11-15H2,(H,29,31);1-2,5-6,8-9,12-13,18,21H,3-4,7,10-11,14-16H2,(H,24,26). The van der Waals surface area contributed by atoms with Crippen LogP contribution in [0.5, 0.6) is 11.5 Å². The van der Waals surface area contributed by atoms with Gasteiger partial charge in [0, 0.05) is 64.6 Å². The molecule has 0 aliphatic carbocycles. The van der Waals surface area contributed by atoms with Gasteiger partial charge in [-0.25, -0.2) is 37.5 Å². The number of aromatic nitrogens is 1. The van der Waals surface area contributed by atoms with E-state index in [0.29, 0.717) is 70.6 Å². The lowest BCUT2D eigenvalue weighted by Crippen LogP contribution is -2.42. The van der Waals surface area contributed by atoms with Crippen LogP contribution in [0.25, 0.3) is 0 Å². The van der Waals surface area contributed by atoms with Gasteiger partial charge in [-0.3, -0.25) is 14.6 Å². The minimum absolute atomic E-state index is 0.0402. The molecule has 69 heavy (non-hydrogen) atoms. The fourth-order valence-electron chi connectivity index (χ4n) is 7.95. The smallest absolute Gasteiger partial charge is 0.416 e. The Labute approximate surface area is 403 Å². The van der Waals surface area contributed by atoms with Gasteiger partial charge in [-0.15, -0.1) is 0 Å². The Balaban J connectivity index is 0.000000206. The number of hydroxylamine groups is 2. The van der Waals surface area contributed by atoms with Gasteiger partial charge in [0.25, 0.3) is 11.8 Å². The minimum atomic E-state index is -4.44. The van der Waals surface area contributed by atoms with Crippen molar-refractivity contribution in [1.29, 1.82) is 0 Å². The summed E-state index contributed by atoms with van der Waals surface area (Å²) in [6, 6.07) is 18.2. The molecular formula is C46H53ClF3N5O12S2. The zero-order valence-electron chi connectivity index (χ0n) is 37.4. The summed E-state index contributed by atoms with van der Waals surface area (Å²) in [4.78, 5) is 39.8. The van der Waals surface area contributed by atoms with E-state index in [0.717, 1.165) is 37.8 Å². The number of carbonyl (C=O) groups is 2. The Hall–Kier alpha value is -4.91. The quantitative estimate of drug-likeness (QED) is 0.120. The highest BCUT2D eigenvalue weighted by Crippen LogP contribution is 2.33. The predicted molar refractivity (Wildman–Crippen MR) is 243 cm³/mol. The van der Waals surface area contributed by atoms with E-state index in [1.165, 1.54) is 51.1 Å². The molecule has 374 valence electrons. The van der Waals surface area contributed by atoms with E-state index < -0.39 is 56.2 Å². The van der Waals surface area contributed by atoms with Crippen LogP contribution >= 0.6 is 11.6 Å². The van der Waals surface area contributed by atoms with E-state index in [2.05, 4.69) is 15.9 Å². The molecule has 4 fully saturated rings. The van der Waals surface area contributed by atoms with Gasteiger partial charge in [0.1, 0.15) is 23.7 Å². The Morgan fingerprint density at radius 1 is 0.623 bits per heavy atom. The van der Waals surface area contributed by atoms with E-state index in [4.69, 9.17) is 40.2 Å². The minimum Gasteiger partial charge on any atom is -0.490 e. The van der Waals surface area contributed by atoms with Gasteiger partial charge in [0.2, 0.25) is 20.0 Å². The highest BCUT2D eigenvalue weighted by molar-refractivity contribution is 7.89. The highest BCUT2D eigenvalue weighted by Gasteiger charge is 2.36. The molecule has 4 aromatic rings. The molecule has 1 aromatic heterocycles. The number of carbonyl (C=O) groups excluding carboxylic acids is 2. The molecule has 0 saturated carbocycles. The van der Waals surface area contributed by atoms with E-state index in [-0.39, 0.29) is 57.0 Å². The Bertz CT molecular complexity index is 2560. The second-order valence-electron chi connectivity index (χ2n) is 16.4. The molecule has 2 N–H and O–H groups in total. The van der Waals surface area contributed by atoms with Crippen molar-refractivity contribution in [2.75, 3.05) is 39.4 Å². The largest absolute Gasteiger partial charge is 0.490 e. The number of benzene rings is 3. The SMILES string of the molecule is O=C(NOC1CCCCO1)c1c(Cl)cccc1S(=O)(=O)N1CCC(Oc2ccc(C(F)(F)F)cc2)CC1.O=C(NOC1CCCCO1)c1ccccc1S(=O)(=O)N1CCC(Oc2ccncc2)CC1. The van der Waals surface area contributed by atoms with Crippen LogP contribution in [0, 0.1) is 0 Å². The number of hydrogen-bond donors (Lipinski definition) is 2. The molecule has 0 bridgehead atoms. The average Bonchev–Trinajstić information content (AvgIpc) is 3.36. The van der Waals surface area contributed by atoms with Crippen LogP contribution in [0.4, 0.5) is 13.2 Å². The fourth-order valence-corrected chi connectivity index (χ4v) is 11.6. The summed E-state index contributed by atoms with van der Waals surface area (Å²) in [6.07, 6.45) is 3.95. The lowest BCUT2D eigenvalue weighted by molar-refractivity contribution is -0.186. The van der Waals surface area contributed by atoms with Crippen molar-refractivity contribution in [3.63, 3.8) is 0 Å². The third-order valence-electron chi connectivity index (χ3n) is 11.7. The van der Waals surface area contributed by atoms with Crippen LogP contribution in [-0.2, 0) is 45.4 Å². The number of hydrogen-bond acceptors (Lipinski definition) is 13. The summed E-state index contributed by atoms with van der Waals surface area (Å²) in [7, 11) is -7.96. The molecule has 8 rings (SSSR count). The molecule has 4 aliphatic rings. The van der Waals surface area contributed by atoms with Crippen molar-refractivity contribution >= 4 is 43.5 Å². The number of nitrogens with zero attached hydrogens (tertiary/aromatic N) is 3. The second kappa shape index (κ2) is 23.8. The number of rotatable bonds is 14. The maximum absolute atomic E-state index is 13.4. The molecule has 4 aliphatic heterocycles. The molecule has 0 spiro atoms. The first-order valence-electron chi connectivity index (χ1n) is 22.5. The van der Waals surface area contributed by atoms with Crippen molar-refractivity contribution in [2.24, 2.45) is 0 Å². The molecule has 23 heteroatoms. The van der Waals surface area contributed by atoms with Crippen molar-refractivity contribution in [3.8, 4) is 11.5 Å². The Morgan fingerprint density at radius 3 is 1.64 bits per heavy atom. The predicted octanol–water partition coefficient (Wildman–Crippen LogP) is 7.28. The number of pyridine rings is 1. The summed E-state index contributed by atoms with van der Waals surface area (Å²) in [5, 5.41) is -0.0488. The lowest BCUT2D eigenvalue weighted by atomic mass is 10.1. The topological polar surface area (TPSA) is 201 Å². The molecular weight excluding hydrogens is 971 g/mol. The molecule has 5 heterocycles. The van der Waals surface area contributed by atoms with Crippen molar-refractivity contribution in [3.05, 3.63) is 113 Å². The van der Waals surface area contributed by atoms with Crippen molar-refractivity contribution in [1.82, 2.24) is 24.6 Å². The van der Waals surface area contributed by atoms with E-state index in [1.807, 2.05) is 0 Å². The van der Waals surface area contributed by atoms with Crippen LogP contribution in [0.15, 0.2) is 101 Å². The first-order valence-corrected chi connectivity index (χ1v) is 25.8.